The molecule has 0 radical (unpaired) electrons. The topological polar surface area (TPSA) is 147 Å². The van der Waals surface area contributed by atoms with Gasteiger partial charge in [0.15, 0.2) is 0 Å². The van der Waals surface area contributed by atoms with Crippen LogP contribution in [0.5, 0.6) is 11.5 Å². The van der Waals surface area contributed by atoms with Crippen molar-refractivity contribution in [3.63, 3.8) is 0 Å². The zero-order chi connectivity index (χ0) is 42.7. The van der Waals surface area contributed by atoms with Crippen LogP contribution in [0.1, 0.15) is 107 Å². The molecule has 0 spiro atoms. The molecule has 7 N–H and O–H groups in total. The van der Waals surface area contributed by atoms with Crippen molar-refractivity contribution in [3.05, 3.63) is 135 Å². The minimum Gasteiger partial charge on any atom is -0.507 e. The summed E-state index contributed by atoms with van der Waals surface area (Å²) in [4.78, 5) is 6.17. The molecule has 0 fully saturated rings. The van der Waals surface area contributed by atoms with Gasteiger partial charge in [-0.1, -0.05) is 89.8 Å². The Morgan fingerprint density at radius 1 is 0.667 bits per heavy atom. The Bertz CT molecular complexity index is 2590. The molecule has 0 heterocycles. The van der Waals surface area contributed by atoms with Gasteiger partial charge in [0.2, 0.25) is 5.71 Å². The molecule has 5 aromatic rings. The monoisotopic (exact) mass is 799 g/mol. The molecule has 5 aromatic carbocycles. The van der Waals surface area contributed by atoms with E-state index in [1.54, 1.807) is 24.3 Å². The van der Waals surface area contributed by atoms with Crippen molar-refractivity contribution in [2.45, 2.75) is 79.1 Å². The summed E-state index contributed by atoms with van der Waals surface area (Å²) >= 11 is 0. The Kier molecular flexibility index (Phi) is 12.2. The molecule has 0 saturated carbocycles. The normalized spacial score (nSPS) is 14.1. The first-order chi connectivity index (χ1) is 29.2. The van der Waals surface area contributed by atoms with Gasteiger partial charge in [-0.25, -0.2) is 14.7 Å². The number of hydrogen-bond acceptors (Lipinski definition) is 7. The third-order valence-corrected chi connectivity index (χ3v) is 12.0. The standard InChI is InChI=1S/C51H54N6O3/c1-6-10-26-56(27-11-7-2)49-31-18-14-22-35(53)40(31)45(41-32(49)19-15-23-36(41)54)47-44(37(30-52)55-5)48(51(47)60)46-42-33(20-16-24-38(42)58)50(34-21-17-25-39(59)43(34)46)57(28-12-8-3)29-13-9-4/h14-25H,6-13,26-29,53-54H2,1-4H3,(H2-,58,59,60)/p+1/b44-37-. The van der Waals surface area contributed by atoms with E-state index >= 15 is 0 Å². The number of allylic oxidation sites excluding steroid dienone is 3. The smallest absolute Gasteiger partial charge is 0.270 e. The van der Waals surface area contributed by atoms with Gasteiger partial charge in [0.05, 0.1) is 29.5 Å². The summed E-state index contributed by atoms with van der Waals surface area (Å²) in [7, 11) is 0. The van der Waals surface area contributed by atoms with E-state index in [0.717, 1.165) is 111 Å². The molecule has 2 aliphatic rings. The molecule has 0 amide bonds. The van der Waals surface area contributed by atoms with Gasteiger partial charge >= 0.3 is 0 Å². The number of benzene rings is 5. The lowest BCUT2D eigenvalue weighted by atomic mass is 9.68. The van der Waals surface area contributed by atoms with Crippen molar-refractivity contribution in [3.8, 4) is 17.6 Å². The lowest BCUT2D eigenvalue weighted by molar-refractivity contribution is -0.528. The number of unbranched alkanes of at least 4 members (excludes halogenated alkanes) is 4. The van der Waals surface area contributed by atoms with E-state index in [0.29, 0.717) is 44.4 Å². The number of phenols is 2. The predicted octanol–water partition coefficient (Wildman–Crippen LogP) is 11.2. The van der Waals surface area contributed by atoms with Gasteiger partial charge in [-0.2, -0.15) is 0 Å². The summed E-state index contributed by atoms with van der Waals surface area (Å²) in [6, 6.07) is 24.4. The number of fused-ring (bicyclic) bond motifs is 4. The lowest BCUT2D eigenvalue weighted by Gasteiger charge is -2.36. The minimum atomic E-state index is -0.247. The van der Waals surface area contributed by atoms with Crippen molar-refractivity contribution in [1.29, 1.82) is 5.26 Å². The summed E-state index contributed by atoms with van der Waals surface area (Å²) in [5.74, 6) is -0.294. The molecule has 7 rings (SSSR count). The van der Waals surface area contributed by atoms with Crippen LogP contribution in [0.4, 0.5) is 17.1 Å². The molecule has 0 bridgehead atoms. The average molecular weight is 800 g/mol. The maximum absolute atomic E-state index is 12.8. The SMILES string of the molecule is [C-]#[N+]/C(C#N)=C1\C(=C2c3c(O)cccc3C(=[N+](CCCC)CCCC)c3cccc(O)c32)C(O)=C1c1c2c(N)cccc2c(N(CCCC)CCCC)c2cccc(N)c12. The fraction of sp³-hybridized carbons (Fsp3) is 0.314. The van der Waals surface area contributed by atoms with Crippen molar-refractivity contribution in [1.82, 2.24) is 0 Å². The van der Waals surface area contributed by atoms with Crippen molar-refractivity contribution >= 4 is 55.5 Å². The summed E-state index contributed by atoms with van der Waals surface area (Å²) in [6.07, 6.45) is 7.89. The molecule has 0 unspecified atom stereocenters. The van der Waals surface area contributed by atoms with Crippen molar-refractivity contribution < 1.29 is 19.9 Å². The first kappa shape index (κ1) is 41.4. The summed E-state index contributed by atoms with van der Waals surface area (Å²) in [6.45, 7) is 20.2. The second-order valence-electron chi connectivity index (χ2n) is 15.8. The highest BCUT2D eigenvalue weighted by molar-refractivity contribution is 6.28. The molecule has 0 saturated heterocycles. The van der Waals surface area contributed by atoms with Crippen LogP contribution >= 0.6 is 0 Å². The van der Waals surface area contributed by atoms with Gasteiger partial charge in [-0.05, 0) is 49.2 Å². The molecule has 2 aliphatic carbocycles. The molecule has 0 aliphatic heterocycles. The Balaban J connectivity index is 1.66. The van der Waals surface area contributed by atoms with Crippen LogP contribution < -0.4 is 16.4 Å². The molecule has 0 atom stereocenters. The number of aromatic hydroxyl groups is 2. The largest absolute Gasteiger partial charge is 0.507 e. The third-order valence-electron chi connectivity index (χ3n) is 12.0. The number of nitrogens with zero attached hydrogens (tertiary/aromatic N) is 4. The van der Waals surface area contributed by atoms with E-state index in [9.17, 15) is 20.6 Å². The maximum atomic E-state index is 12.8. The molecule has 0 aromatic heterocycles. The van der Waals surface area contributed by atoms with Crippen LogP contribution in [0.25, 0.3) is 37.5 Å². The number of rotatable bonds is 14. The first-order valence-electron chi connectivity index (χ1n) is 21.4. The third kappa shape index (κ3) is 6.88. The highest BCUT2D eigenvalue weighted by Gasteiger charge is 2.44. The zero-order valence-corrected chi connectivity index (χ0v) is 35.2. The van der Waals surface area contributed by atoms with Gasteiger partial charge in [0.1, 0.15) is 30.3 Å². The molecule has 9 nitrogen and oxygen atoms in total. The highest BCUT2D eigenvalue weighted by atomic mass is 16.3. The number of aliphatic hydroxyl groups is 1. The number of anilines is 3. The van der Waals surface area contributed by atoms with E-state index in [1.807, 2.05) is 48.5 Å². The fourth-order valence-corrected chi connectivity index (χ4v) is 9.17. The van der Waals surface area contributed by atoms with E-state index in [4.69, 9.17) is 18.0 Å². The average Bonchev–Trinajstić information content (AvgIpc) is 3.24. The first-order valence-corrected chi connectivity index (χ1v) is 21.4. The molecule has 306 valence electrons. The Morgan fingerprint density at radius 3 is 1.60 bits per heavy atom. The van der Waals surface area contributed by atoms with Crippen LogP contribution in [-0.4, -0.2) is 51.8 Å². The fourth-order valence-electron chi connectivity index (χ4n) is 9.17. The van der Waals surface area contributed by atoms with Gasteiger partial charge in [0.25, 0.3) is 5.70 Å². The van der Waals surface area contributed by atoms with Gasteiger partial charge in [-0.3, -0.25) is 0 Å². The number of nitrogens with two attached hydrogens (primary N) is 2. The van der Waals surface area contributed by atoms with Crippen LogP contribution in [0, 0.1) is 17.9 Å². The van der Waals surface area contributed by atoms with Crippen molar-refractivity contribution in [2.75, 3.05) is 42.5 Å². The second kappa shape index (κ2) is 17.6. The predicted molar refractivity (Wildman–Crippen MR) is 246 cm³/mol. The van der Waals surface area contributed by atoms with E-state index in [1.165, 1.54) is 0 Å². The number of nitriles is 1. The Morgan fingerprint density at radius 2 is 1.15 bits per heavy atom. The van der Waals surface area contributed by atoms with E-state index in [-0.39, 0.29) is 39.7 Å². The lowest BCUT2D eigenvalue weighted by Crippen LogP contribution is -2.30. The van der Waals surface area contributed by atoms with Crippen molar-refractivity contribution in [2.24, 2.45) is 0 Å². The van der Waals surface area contributed by atoms with Gasteiger partial charge in [-0.15, -0.1) is 0 Å². The molecule has 60 heavy (non-hydrogen) atoms. The Labute approximate surface area is 353 Å². The number of aliphatic hydroxyl groups excluding tert-OH is 1. The molecular weight excluding hydrogens is 745 g/mol. The quantitative estimate of drug-likeness (QED) is 0.0242. The number of phenolic OH excluding ortho intramolecular Hbond substituents is 2. The zero-order valence-electron chi connectivity index (χ0n) is 35.2. The number of hydrogen-bond donors (Lipinski definition) is 5. The molecule has 9 heteroatoms. The summed E-state index contributed by atoms with van der Waals surface area (Å²) in [5, 5.41) is 50.4. The summed E-state index contributed by atoms with van der Waals surface area (Å²) < 4.78 is 2.33. The minimum absolute atomic E-state index is 0.0535. The van der Waals surface area contributed by atoms with E-state index in [2.05, 4.69) is 48.1 Å². The van der Waals surface area contributed by atoms with Gasteiger partial charge < -0.3 is 31.7 Å². The number of nitrogen functional groups attached to an aromatic ring is 2. The summed E-state index contributed by atoms with van der Waals surface area (Å²) in [5.41, 5.74) is 20.3. The van der Waals surface area contributed by atoms with Crippen LogP contribution in [0.2, 0.25) is 0 Å². The molecular formula is C51H55N6O3+. The van der Waals surface area contributed by atoms with Crippen LogP contribution in [-0.2, 0) is 0 Å². The van der Waals surface area contributed by atoms with Crippen LogP contribution in [0.3, 0.4) is 0 Å². The maximum Gasteiger partial charge on any atom is 0.270 e. The highest BCUT2D eigenvalue weighted by Crippen LogP contribution is 2.59. The van der Waals surface area contributed by atoms with Crippen LogP contribution in [0.15, 0.2) is 95.4 Å². The Hall–Kier alpha value is -6.71. The second-order valence-corrected chi connectivity index (χ2v) is 15.8. The van der Waals surface area contributed by atoms with Gasteiger partial charge in [0, 0.05) is 97.8 Å². The van der Waals surface area contributed by atoms with E-state index < -0.39 is 0 Å².